The fourth-order valence-electron chi connectivity index (χ4n) is 1.59. The topological polar surface area (TPSA) is 88.2 Å². The van der Waals surface area contributed by atoms with Gasteiger partial charge in [-0.05, 0) is 25.1 Å². The van der Waals surface area contributed by atoms with E-state index in [-0.39, 0.29) is 5.56 Å². The molecule has 0 saturated heterocycles. The standard InChI is InChI=1S/C12H12ClN3O3/c1-7-15-11(19-16-7)4-5-14-10-3-2-8(13)6-9(10)12(17)18/h2-3,6,14H,4-5H2,1H3,(H,17,18). The van der Waals surface area contributed by atoms with Crippen molar-refractivity contribution in [1.82, 2.24) is 10.1 Å². The van der Waals surface area contributed by atoms with E-state index in [0.29, 0.717) is 35.4 Å². The van der Waals surface area contributed by atoms with Gasteiger partial charge in [0.05, 0.1) is 5.56 Å². The van der Waals surface area contributed by atoms with E-state index in [2.05, 4.69) is 15.5 Å². The molecule has 2 rings (SSSR count). The second-order valence-electron chi connectivity index (χ2n) is 3.91. The lowest BCUT2D eigenvalue weighted by atomic mass is 10.2. The van der Waals surface area contributed by atoms with Gasteiger partial charge in [-0.15, -0.1) is 0 Å². The first-order chi connectivity index (χ1) is 9.06. The number of nitrogens with zero attached hydrogens (tertiary/aromatic N) is 2. The zero-order chi connectivity index (χ0) is 13.8. The minimum atomic E-state index is -1.03. The average Bonchev–Trinajstić information content (AvgIpc) is 2.77. The van der Waals surface area contributed by atoms with Crippen LogP contribution in [0.2, 0.25) is 5.02 Å². The van der Waals surface area contributed by atoms with E-state index in [9.17, 15) is 4.79 Å². The molecule has 0 radical (unpaired) electrons. The number of carboxylic acid groups (broad SMARTS) is 1. The van der Waals surface area contributed by atoms with Gasteiger partial charge in [0.1, 0.15) is 0 Å². The first-order valence-corrected chi connectivity index (χ1v) is 6.00. The minimum Gasteiger partial charge on any atom is -0.478 e. The maximum absolute atomic E-state index is 11.1. The summed E-state index contributed by atoms with van der Waals surface area (Å²) in [6.07, 6.45) is 0.516. The van der Waals surface area contributed by atoms with Crippen molar-refractivity contribution in [3.05, 3.63) is 40.5 Å². The van der Waals surface area contributed by atoms with Crippen LogP contribution in [0, 0.1) is 6.92 Å². The van der Waals surface area contributed by atoms with E-state index < -0.39 is 5.97 Å². The van der Waals surface area contributed by atoms with Crippen molar-refractivity contribution in [1.29, 1.82) is 0 Å². The Hall–Kier alpha value is -2.08. The van der Waals surface area contributed by atoms with E-state index in [1.807, 2.05) is 0 Å². The maximum Gasteiger partial charge on any atom is 0.337 e. The summed E-state index contributed by atoms with van der Waals surface area (Å²) < 4.78 is 4.96. The van der Waals surface area contributed by atoms with Crippen LogP contribution in [0.4, 0.5) is 5.69 Å². The van der Waals surface area contributed by atoms with Crippen molar-refractivity contribution in [3.63, 3.8) is 0 Å². The summed E-state index contributed by atoms with van der Waals surface area (Å²) in [6.45, 7) is 2.23. The molecule has 0 aliphatic rings. The Morgan fingerprint density at radius 1 is 1.53 bits per heavy atom. The van der Waals surface area contributed by atoms with E-state index in [1.54, 1.807) is 19.1 Å². The fraction of sp³-hybridized carbons (Fsp3) is 0.250. The molecule has 19 heavy (non-hydrogen) atoms. The molecule has 0 bridgehead atoms. The van der Waals surface area contributed by atoms with E-state index >= 15 is 0 Å². The molecular weight excluding hydrogens is 270 g/mol. The predicted molar refractivity (Wildman–Crippen MR) is 69.6 cm³/mol. The highest BCUT2D eigenvalue weighted by Gasteiger charge is 2.10. The third kappa shape index (κ3) is 3.45. The number of halogens is 1. The Morgan fingerprint density at radius 3 is 2.95 bits per heavy atom. The summed E-state index contributed by atoms with van der Waals surface area (Å²) in [5.74, 6) is 0.0576. The molecule has 0 atom stereocenters. The number of carboxylic acids is 1. The SMILES string of the molecule is Cc1noc(CCNc2ccc(Cl)cc2C(=O)O)n1. The van der Waals surface area contributed by atoms with Crippen LogP contribution < -0.4 is 5.32 Å². The lowest BCUT2D eigenvalue weighted by Gasteiger charge is -2.08. The monoisotopic (exact) mass is 281 g/mol. The number of hydrogen-bond acceptors (Lipinski definition) is 5. The number of aromatic carboxylic acids is 1. The predicted octanol–water partition coefficient (Wildman–Crippen LogP) is 2.38. The van der Waals surface area contributed by atoms with Gasteiger partial charge in [-0.2, -0.15) is 4.98 Å². The summed E-state index contributed by atoms with van der Waals surface area (Å²) in [5.41, 5.74) is 0.641. The summed E-state index contributed by atoms with van der Waals surface area (Å²) in [4.78, 5) is 15.1. The molecule has 2 N–H and O–H groups in total. The fourth-order valence-corrected chi connectivity index (χ4v) is 1.77. The van der Waals surface area contributed by atoms with Crippen LogP contribution in [-0.2, 0) is 6.42 Å². The number of nitrogens with one attached hydrogen (secondary N) is 1. The van der Waals surface area contributed by atoms with Gasteiger partial charge in [0.15, 0.2) is 5.82 Å². The van der Waals surface area contributed by atoms with Gasteiger partial charge in [0, 0.05) is 23.7 Å². The number of aryl methyl sites for hydroxylation is 1. The van der Waals surface area contributed by atoms with Gasteiger partial charge in [0.2, 0.25) is 5.89 Å². The Balaban J connectivity index is 2.01. The van der Waals surface area contributed by atoms with Crippen LogP contribution in [0.3, 0.4) is 0 Å². The second-order valence-corrected chi connectivity index (χ2v) is 4.34. The Kier molecular flexibility index (Phi) is 4.01. The molecule has 1 heterocycles. The number of anilines is 1. The lowest BCUT2D eigenvalue weighted by Crippen LogP contribution is -2.09. The van der Waals surface area contributed by atoms with Crippen molar-refractivity contribution in [2.45, 2.75) is 13.3 Å². The van der Waals surface area contributed by atoms with Gasteiger partial charge in [-0.25, -0.2) is 4.79 Å². The van der Waals surface area contributed by atoms with Crippen molar-refractivity contribution >= 4 is 23.3 Å². The van der Waals surface area contributed by atoms with Gasteiger partial charge >= 0.3 is 5.97 Å². The molecule has 1 aromatic heterocycles. The summed E-state index contributed by atoms with van der Waals surface area (Å²) in [7, 11) is 0. The molecular formula is C12H12ClN3O3. The highest BCUT2D eigenvalue weighted by atomic mass is 35.5. The molecule has 0 fully saturated rings. The molecule has 1 aromatic carbocycles. The molecule has 0 spiro atoms. The quantitative estimate of drug-likeness (QED) is 0.875. The zero-order valence-electron chi connectivity index (χ0n) is 10.2. The van der Waals surface area contributed by atoms with Crippen molar-refractivity contribution in [2.75, 3.05) is 11.9 Å². The van der Waals surface area contributed by atoms with Crippen molar-refractivity contribution in [3.8, 4) is 0 Å². The maximum atomic E-state index is 11.1. The normalized spacial score (nSPS) is 10.4. The average molecular weight is 282 g/mol. The number of rotatable bonds is 5. The number of benzene rings is 1. The van der Waals surface area contributed by atoms with Gasteiger partial charge in [-0.1, -0.05) is 16.8 Å². The molecule has 0 unspecified atom stereocenters. The molecule has 2 aromatic rings. The van der Waals surface area contributed by atoms with Gasteiger partial charge < -0.3 is 14.9 Å². The second kappa shape index (κ2) is 5.71. The Morgan fingerprint density at radius 2 is 2.32 bits per heavy atom. The summed E-state index contributed by atoms with van der Waals surface area (Å²) in [6, 6.07) is 4.67. The van der Waals surface area contributed by atoms with Gasteiger partial charge in [0.25, 0.3) is 0 Å². The zero-order valence-corrected chi connectivity index (χ0v) is 10.9. The largest absolute Gasteiger partial charge is 0.478 e. The van der Waals surface area contributed by atoms with Crippen LogP contribution >= 0.6 is 11.6 Å². The third-order valence-electron chi connectivity index (χ3n) is 2.44. The van der Waals surface area contributed by atoms with E-state index in [4.69, 9.17) is 21.2 Å². The molecule has 0 aliphatic heterocycles. The number of hydrogen-bond donors (Lipinski definition) is 2. The van der Waals surface area contributed by atoms with Crippen molar-refractivity contribution < 1.29 is 14.4 Å². The van der Waals surface area contributed by atoms with Crippen LogP contribution in [0.25, 0.3) is 0 Å². The molecule has 0 aliphatic carbocycles. The van der Waals surface area contributed by atoms with Crippen LogP contribution in [0.15, 0.2) is 22.7 Å². The minimum absolute atomic E-state index is 0.134. The molecule has 100 valence electrons. The Bertz CT molecular complexity index is 598. The first kappa shape index (κ1) is 13.4. The van der Waals surface area contributed by atoms with Crippen LogP contribution in [0.1, 0.15) is 22.1 Å². The lowest BCUT2D eigenvalue weighted by molar-refractivity contribution is 0.0698. The molecule has 6 nitrogen and oxygen atoms in total. The third-order valence-corrected chi connectivity index (χ3v) is 2.67. The first-order valence-electron chi connectivity index (χ1n) is 5.62. The van der Waals surface area contributed by atoms with Crippen LogP contribution in [-0.4, -0.2) is 27.8 Å². The molecule has 0 amide bonds. The van der Waals surface area contributed by atoms with Crippen molar-refractivity contribution in [2.24, 2.45) is 0 Å². The molecule has 7 heteroatoms. The van der Waals surface area contributed by atoms with Crippen LogP contribution in [0.5, 0.6) is 0 Å². The van der Waals surface area contributed by atoms with E-state index in [1.165, 1.54) is 6.07 Å². The summed E-state index contributed by atoms with van der Waals surface area (Å²) >= 11 is 5.77. The summed E-state index contributed by atoms with van der Waals surface area (Å²) in [5, 5.41) is 16.1. The van der Waals surface area contributed by atoms with Gasteiger partial charge in [-0.3, -0.25) is 0 Å². The highest BCUT2D eigenvalue weighted by molar-refractivity contribution is 6.31. The molecule has 0 saturated carbocycles. The number of aromatic nitrogens is 2. The van der Waals surface area contributed by atoms with E-state index in [0.717, 1.165) is 0 Å². The smallest absolute Gasteiger partial charge is 0.337 e. The highest BCUT2D eigenvalue weighted by Crippen LogP contribution is 2.20. The number of carbonyl (C=O) groups is 1. The Labute approximate surface area is 114 Å².